The zero-order valence-corrected chi connectivity index (χ0v) is 19.7. The van der Waals surface area contributed by atoms with Gasteiger partial charge in [0.05, 0.1) is 25.9 Å². The van der Waals surface area contributed by atoms with Gasteiger partial charge in [-0.15, -0.1) is 0 Å². The molecule has 0 aromatic rings. The Morgan fingerprint density at radius 3 is 2.59 bits per heavy atom. The number of fused-ring (bicyclic) bond motifs is 3. The maximum Gasteiger partial charge on any atom is 0.320 e. The van der Waals surface area contributed by atoms with Gasteiger partial charge in [0.2, 0.25) is 5.79 Å². The summed E-state index contributed by atoms with van der Waals surface area (Å²) in [7, 11) is 0. The van der Waals surface area contributed by atoms with Gasteiger partial charge in [-0.05, 0) is 37.5 Å². The van der Waals surface area contributed by atoms with E-state index in [1.54, 1.807) is 13.8 Å². The molecule has 34 heavy (non-hydrogen) atoms. The average Bonchev–Trinajstić information content (AvgIpc) is 3.56. The van der Waals surface area contributed by atoms with Gasteiger partial charge >= 0.3 is 17.9 Å². The molecule has 4 heterocycles. The molecule has 10 heteroatoms. The largest absolute Gasteiger partial charge is 0.455 e. The number of ether oxygens (including phenoxy) is 6. The van der Waals surface area contributed by atoms with E-state index in [1.807, 2.05) is 4.90 Å². The molecule has 10 nitrogen and oxygen atoms in total. The van der Waals surface area contributed by atoms with Gasteiger partial charge in [-0.3, -0.25) is 19.3 Å². The molecule has 188 valence electrons. The van der Waals surface area contributed by atoms with Crippen LogP contribution in [0.4, 0.5) is 0 Å². The first-order chi connectivity index (χ1) is 16.3. The maximum atomic E-state index is 13.3. The van der Waals surface area contributed by atoms with Gasteiger partial charge in [-0.25, -0.2) is 0 Å². The highest BCUT2D eigenvalue weighted by molar-refractivity contribution is 5.87. The van der Waals surface area contributed by atoms with Crippen molar-refractivity contribution in [3.8, 4) is 0 Å². The van der Waals surface area contributed by atoms with Gasteiger partial charge in [-0.2, -0.15) is 0 Å². The molecule has 2 aliphatic carbocycles. The minimum atomic E-state index is -1.13. The summed E-state index contributed by atoms with van der Waals surface area (Å²) in [5.74, 6) is -3.04. The first kappa shape index (κ1) is 22.7. The normalized spacial score (nSPS) is 42.8. The molecule has 4 aliphatic heterocycles. The maximum absolute atomic E-state index is 13.3. The lowest BCUT2D eigenvalue weighted by atomic mass is 9.78. The number of rotatable bonds is 7. The molecule has 0 N–H and O–H groups in total. The van der Waals surface area contributed by atoms with E-state index in [1.165, 1.54) is 12.8 Å². The van der Waals surface area contributed by atoms with Crippen molar-refractivity contribution in [3.63, 3.8) is 0 Å². The monoisotopic (exact) mass is 479 g/mol. The quantitative estimate of drug-likeness (QED) is 0.293. The minimum Gasteiger partial charge on any atom is -0.455 e. The third-order valence-corrected chi connectivity index (χ3v) is 8.36. The lowest BCUT2D eigenvalue weighted by Gasteiger charge is -2.35. The number of hydrogen-bond donors (Lipinski definition) is 0. The Morgan fingerprint density at radius 2 is 1.88 bits per heavy atom. The molecular formula is C24H33NO9. The van der Waals surface area contributed by atoms with Crippen molar-refractivity contribution in [3.05, 3.63) is 0 Å². The van der Waals surface area contributed by atoms with Crippen molar-refractivity contribution in [2.45, 2.75) is 75.8 Å². The van der Waals surface area contributed by atoms with Crippen molar-refractivity contribution in [2.75, 3.05) is 32.8 Å². The Labute approximate surface area is 198 Å². The lowest BCUT2D eigenvalue weighted by Crippen LogP contribution is -2.50. The van der Waals surface area contributed by atoms with Crippen LogP contribution in [0.1, 0.15) is 39.5 Å². The van der Waals surface area contributed by atoms with Gasteiger partial charge in [-0.1, -0.05) is 0 Å². The first-order valence-corrected chi connectivity index (χ1v) is 12.6. The highest BCUT2D eigenvalue weighted by Crippen LogP contribution is 2.52. The molecule has 6 rings (SSSR count). The zero-order chi connectivity index (χ0) is 23.6. The summed E-state index contributed by atoms with van der Waals surface area (Å²) >= 11 is 0. The Balaban J connectivity index is 1.11. The molecule has 0 amide bonds. The van der Waals surface area contributed by atoms with Crippen molar-refractivity contribution < 1.29 is 42.8 Å². The summed E-state index contributed by atoms with van der Waals surface area (Å²) in [4.78, 5) is 40.5. The molecule has 6 fully saturated rings. The van der Waals surface area contributed by atoms with Gasteiger partial charge in [0, 0.05) is 26.9 Å². The molecule has 9 atom stereocenters. The van der Waals surface area contributed by atoms with Crippen molar-refractivity contribution in [1.82, 2.24) is 4.90 Å². The van der Waals surface area contributed by atoms with E-state index < -0.39 is 59.9 Å². The summed E-state index contributed by atoms with van der Waals surface area (Å²) in [6.45, 7) is 6.02. The summed E-state index contributed by atoms with van der Waals surface area (Å²) < 4.78 is 34.5. The fraction of sp³-hybridized carbons (Fsp3) is 0.875. The van der Waals surface area contributed by atoms with Crippen LogP contribution in [0.5, 0.6) is 0 Å². The number of esters is 3. The second-order valence-electron chi connectivity index (χ2n) is 11.0. The molecule has 4 bridgehead atoms. The Hall–Kier alpha value is -1.75. The van der Waals surface area contributed by atoms with Crippen LogP contribution in [0.15, 0.2) is 0 Å². The molecule has 0 aromatic carbocycles. The van der Waals surface area contributed by atoms with E-state index in [2.05, 4.69) is 0 Å². The molecule has 0 spiro atoms. The minimum absolute atomic E-state index is 0.0903. The van der Waals surface area contributed by atoms with Crippen LogP contribution >= 0.6 is 0 Å². The van der Waals surface area contributed by atoms with Crippen LogP contribution in [0.3, 0.4) is 0 Å². The summed E-state index contributed by atoms with van der Waals surface area (Å²) in [5, 5.41) is 0. The number of morpholine rings is 1. The van der Waals surface area contributed by atoms with Crippen LogP contribution in [0.2, 0.25) is 0 Å². The third-order valence-electron chi connectivity index (χ3n) is 8.36. The van der Waals surface area contributed by atoms with Crippen LogP contribution in [-0.2, 0) is 42.8 Å². The fourth-order valence-electron chi connectivity index (χ4n) is 6.90. The van der Waals surface area contributed by atoms with Crippen LogP contribution < -0.4 is 0 Å². The third kappa shape index (κ3) is 3.92. The second kappa shape index (κ2) is 8.43. The number of carbonyl (C=O) groups is 3. The SMILES string of the molecule is CC(C)(OC(=O)C1C2OC3C(OC(=O)C31)C2OC(=O)CN1CCOCC1)OC1CC2CCC1C2. The molecular weight excluding hydrogens is 446 g/mol. The topological polar surface area (TPSA) is 110 Å². The Bertz CT molecular complexity index is 855. The highest BCUT2D eigenvalue weighted by Gasteiger charge is 2.72. The summed E-state index contributed by atoms with van der Waals surface area (Å²) in [6.07, 6.45) is 1.80. The lowest BCUT2D eigenvalue weighted by molar-refractivity contribution is -0.243. The van der Waals surface area contributed by atoms with E-state index in [0.717, 1.165) is 12.8 Å². The van der Waals surface area contributed by atoms with Crippen molar-refractivity contribution in [1.29, 1.82) is 0 Å². The number of nitrogens with zero attached hydrogens (tertiary/aromatic N) is 1. The zero-order valence-electron chi connectivity index (χ0n) is 19.7. The van der Waals surface area contributed by atoms with Crippen LogP contribution in [0, 0.1) is 23.7 Å². The van der Waals surface area contributed by atoms with Gasteiger partial charge < -0.3 is 28.4 Å². The fourth-order valence-corrected chi connectivity index (χ4v) is 6.90. The average molecular weight is 480 g/mol. The predicted molar refractivity (Wildman–Crippen MR) is 113 cm³/mol. The van der Waals surface area contributed by atoms with Gasteiger partial charge in [0.15, 0.2) is 12.2 Å². The van der Waals surface area contributed by atoms with Crippen LogP contribution in [-0.4, -0.2) is 92.0 Å². The van der Waals surface area contributed by atoms with Crippen LogP contribution in [0.25, 0.3) is 0 Å². The Kier molecular flexibility index (Phi) is 5.63. The Morgan fingerprint density at radius 1 is 1.09 bits per heavy atom. The highest BCUT2D eigenvalue weighted by atomic mass is 16.7. The number of hydrogen-bond acceptors (Lipinski definition) is 10. The van der Waals surface area contributed by atoms with Crippen molar-refractivity contribution >= 4 is 17.9 Å². The summed E-state index contributed by atoms with van der Waals surface area (Å²) in [5.41, 5.74) is 0. The van der Waals surface area contributed by atoms with E-state index >= 15 is 0 Å². The van der Waals surface area contributed by atoms with Gasteiger partial charge in [0.25, 0.3) is 0 Å². The molecule has 2 saturated carbocycles. The van der Waals surface area contributed by atoms with E-state index in [4.69, 9.17) is 28.4 Å². The number of carbonyl (C=O) groups excluding carboxylic acids is 3. The standard InChI is InChI=1S/C24H33NO9/c1-24(2,33-14-10-12-3-4-13(14)9-12)34-23(28)17-16-18-21(32-22(16)27)20(19(17)31-18)30-15(26)11-25-5-7-29-8-6-25/h12-14,16-21H,3-11H2,1-2H3. The predicted octanol–water partition coefficient (Wildman–Crippen LogP) is 0.654. The first-order valence-electron chi connectivity index (χ1n) is 12.6. The van der Waals surface area contributed by atoms with Crippen molar-refractivity contribution in [2.24, 2.45) is 23.7 Å². The molecule has 6 aliphatic rings. The summed E-state index contributed by atoms with van der Waals surface area (Å²) in [6, 6.07) is 0. The van der Waals surface area contributed by atoms with E-state index in [-0.39, 0.29) is 12.6 Å². The molecule has 0 aromatic heterocycles. The molecule has 4 saturated heterocycles. The molecule has 9 unspecified atom stereocenters. The smallest absolute Gasteiger partial charge is 0.320 e. The van der Waals surface area contributed by atoms with Gasteiger partial charge in [0.1, 0.15) is 24.0 Å². The molecule has 0 radical (unpaired) electrons. The second-order valence-corrected chi connectivity index (χ2v) is 11.0. The van der Waals surface area contributed by atoms with E-state index in [9.17, 15) is 14.4 Å². The van der Waals surface area contributed by atoms with E-state index in [0.29, 0.717) is 38.1 Å².